The third-order valence-electron chi connectivity index (χ3n) is 7.50. The van der Waals surface area contributed by atoms with Gasteiger partial charge in [-0.1, -0.05) is 38.3 Å². The van der Waals surface area contributed by atoms with Gasteiger partial charge in [0.05, 0.1) is 18.3 Å². The molecule has 5 rings (SSSR count). The van der Waals surface area contributed by atoms with Crippen molar-refractivity contribution >= 4 is 40.2 Å². The molecular weight excluding hydrogens is 426 g/mol. The molecule has 0 spiro atoms. The van der Waals surface area contributed by atoms with E-state index in [9.17, 15) is 9.59 Å². The molecule has 1 aliphatic carbocycles. The predicted molar refractivity (Wildman–Crippen MR) is 125 cm³/mol. The van der Waals surface area contributed by atoms with Crippen LogP contribution in [0.15, 0.2) is 47.1 Å². The Balaban J connectivity index is 1.57. The number of rotatable bonds is 3. The second-order valence-electron chi connectivity index (χ2n) is 9.52. The van der Waals surface area contributed by atoms with Gasteiger partial charge in [0.1, 0.15) is 11.2 Å². The van der Waals surface area contributed by atoms with Crippen molar-refractivity contribution in [1.82, 2.24) is 9.88 Å². The lowest BCUT2D eigenvalue weighted by Gasteiger charge is -2.45. The Morgan fingerprint density at radius 1 is 1.19 bits per heavy atom. The molecule has 3 aromatic rings. The molecule has 4 atom stereocenters. The Morgan fingerprint density at radius 2 is 1.94 bits per heavy atom. The van der Waals surface area contributed by atoms with E-state index in [4.69, 9.17) is 16.0 Å². The molecule has 1 saturated carbocycles. The number of hydrogen-bond acceptors (Lipinski definition) is 3. The van der Waals surface area contributed by atoms with Crippen LogP contribution in [0, 0.1) is 11.8 Å². The maximum atomic E-state index is 13.9. The fraction of sp³-hybridized carbons (Fsp3) is 0.440. The lowest BCUT2D eigenvalue weighted by atomic mass is 9.77. The number of halogens is 1. The van der Waals surface area contributed by atoms with E-state index in [1.807, 2.05) is 17.6 Å². The molecule has 1 N–H and O–H groups in total. The second-order valence-corrected chi connectivity index (χ2v) is 9.96. The standard InChI is InChI=1S/C25H28ClN3O3/c1-15-5-4-6-19(16(15)2)27-24(31)25(3)14-28-20-11-12-32-22(20)13-21(28)23(30)29(25)18-9-7-17(26)8-10-18/h7-13,15-16,19H,4-6,14H2,1-3H3,(H,27,31)/t15-,16+,19+,25-/m1/s1. The maximum Gasteiger partial charge on any atom is 0.276 e. The molecule has 0 unspecified atom stereocenters. The molecule has 3 heterocycles. The van der Waals surface area contributed by atoms with Crippen LogP contribution >= 0.6 is 11.6 Å². The van der Waals surface area contributed by atoms with E-state index in [0.29, 0.717) is 40.4 Å². The summed E-state index contributed by atoms with van der Waals surface area (Å²) >= 11 is 6.10. The maximum absolute atomic E-state index is 13.9. The van der Waals surface area contributed by atoms with Gasteiger partial charge < -0.3 is 14.3 Å². The van der Waals surface area contributed by atoms with Gasteiger partial charge in [0.15, 0.2) is 5.58 Å². The summed E-state index contributed by atoms with van der Waals surface area (Å²) in [6.07, 6.45) is 4.86. The van der Waals surface area contributed by atoms with Gasteiger partial charge >= 0.3 is 0 Å². The average Bonchev–Trinajstić information content (AvgIpc) is 3.35. The molecule has 1 aliphatic heterocycles. The smallest absolute Gasteiger partial charge is 0.276 e. The largest absolute Gasteiger partial charge is 0.463 e. The molecule has 32 heavy (non-hydrogen) atoms. The van der Waals surface area contributed by atoms with Crippen molar-refractivity contribution in [3.63, 3.8) is 0 Å². The van der Waals surface area contributed by atoms with Gasteiger partial charge in [0.25, 0.3) is 5.91 Å². The zero-order valence-corrected chi connectivity index (χ0v) is 19.4. The van der Waals surface area contributed by atoms with Crippen LogP contribution in [0.25, 0.3) is 11.1 Å². The highest BCUT2D eigenvalue weighted by Crippen LogP contribution is 2.37. The highest BCUT2D eigenvalue weighted by molar-refractivity contribution is 6.30. The molecule has 0 bridgehead atoms. The Kier molecular flexibility index (Phi) is 5.08. The van der Waals surface area contributed by atoms with E-state index in [-0.39, 0.29) is 17.9 Å². The Morgan fingerprint density at radius 3 is 2.69 bits per heavy atom. The van der Waals surface area contributed by atoms with Crippen LogP contribution in [0.1, 0.15) is 50.5 Å². The van der Waals surface area contributed by atoms with E-state index in [1.54, 1.807) is 41.5 Å². The van der Waals surface area contributed by atoms with E-state index in [1.165, 1.54) is 6.42 Å². The van der Waals surface area contributed by atoms with Crippen molar-refractivity contribution < 1.29 is 14.0 Å². The summed E-state index contributed by atoms with van der Waals surface area (Å²) in [6, 6.07) is 10.8. The summed E-state index contributed by atoms with van der Waals surface area (Å²) in [5, 5.41) is 3.89. The zero-order chi connectivity index (χ0) is 22.6. The van der Waals surface area contributed by atoms with Gasteiger partial charge in [-0.2, -0.15) is 0 Å². The van der Waals surface area contributed by atoms with Crippen molar-refractivity contribution in [2.24, 2.45) is 11.8 Å². The number of furan rings is 1. The Labute approximate surface area is 192 Å². The highest BCUT2D eigenvalue weighted by atomic mass is 35.5. The fourth-order valence-electron chi connectivity index (χ4n) is 5.32. The van der Waals surface area contributed by atoms with E-state index in [0.717, 1.165) is 18.4 Å². The molecular formula is C25H28ClN3O3. The SMILES string of the molecule is C[C@H]1[C@H](C)CCC[C@@H]1NC(=O)[C@@]1(C)Cn2c(cc3occc32)C(=O)N1c1ccc(Cl)cc1. The Bertz CT molecular complexity index is 1180. The summed E-state index contributed by atoms with van der Waals surface area (Å²) in [5.41, 5.74) is 1.51. The van der Waals surface area contributed by atoms with Crippen LogP contribution in [0.3, 0.4) is 0 Å². The first-order valence-corrected chi connectivity index (χ1v) is 11.7. The number of carbonyl (C=O) groups excluding carboxylic acids is 2. The van der Waals surface area contributed by atoms with Crippen molar-refractivity contribution in [1.29, 1.82) is 0 Å². The van der Waals surface area contributed by atoms with E-state index < -0.39 is 5.54 Å². The molecule has 168 valence electrons. The summed E-state index contributed by atoms with van der Waals surface area (Å²) in [4.78, 5) is 29.2. The number of amides is 2. The quantitative estimate of drug-likeness (QED) is 0.589. The van der Waals surface area contributed by atoms with Crippen LogP contribution in [-0.4, -0.2) is 28.0 Å². The summed E-state index contributed by atoms with van der Waals surface area (Å²) in [5.74, 6) is 0.585. The van der Waals surface area contributed by atoms with Crippen molar-refractivity contribution in [2.45, 2.75) is 58.2 Å². The predicted octanol–water partition coefficient (Wildman–Crippen LogP) is 5.25. The first-order valence-electron chi connectivity index (χ1n) is 11.3. The lowest BCUT2D eigenvalue weighted by Crippen LogP contribution is -2.66. The number of fused-ring (bicyclic) bond motifs is 3. The van der Waals surface area contributed by atoms with Gasteiger partial charge in [-0.3, -0.25) is 14.5 Å². The molecule has 1 fully saturated rings. The van der Waals surface area contributed by atoms with Crippen LogP contribution in [-0.2, 0) is 11.3 Å². The molecule has 0 saturated heterocycles. The van der Waals surface area contributed by atoms with Gasteiger partial charge in [-0.25, -0.2) is 0 Å². The first-order chi connectivity index (χ1) is 15.3. The van der Waals surface area contributed by atoms with Crippen LogP contribution in [0.5, 0.6) is 0 Å². The van der Waals surface area contributed by atoms with Gasteiger partial charge in [0.2, 0.25) is 5.91 Å². The molecule has 7 heteroatoms. The number of aromatic nitrogens is 1. The minimum Gasteiger partial charge on any atom is -0.463 e. The minimum atomic E-state index is -1.11. The fourth-order valence-corrected chi connectivity index (χ4v) is 5.44. The minimum absolute atomic E-state index is 0.102. The van der Waals surface area contributed by atoms with E-state index in [2.05, 4.69) is 19.2 Å². The summed E-state index contributed by atoms with van der Waals surface area (Å²) in [7, 11) is 0. The number of nitrogens with one attached hydrogen (secondary N) is 1. The molecule has 0 radical (unpaired) electrons. The first kappa shape index (κ1) is 21.1. The average molecular weight is 454 g/mol. The number of anilines is 1. The zero-order valence-electron chi connectivity index (χ0n) is 18.6. The molecule has 6 nitrogen and oxygen atoms in total. The van der Waals surface area contributed by atoms with Gasteiger partial charge in [-0.15, -0.1) is 0 Å². The monoisotopic (exact) mass is 453 g/mol. The number of hydrogen-bond donors (Lipinski definition) is 1. The van der Waals surface area contributed by atoms with Crippen molar-refractivity contribution in [3.8, 4) is 0 Å². The van der Waals surface area contributed by atoms with Gasteiger partial charge in [0, 0.05) is 28.9 Å². The number of nitrogens with zero attached hydrogens (tertiary/aromatic N) is 2. The normalized spacial score (nSPS) is 28.1. The molecule has 2 aromatic heterocycles. The van der Waals surface area contributed by atoms with Crippen molar-refractivity contribution in [3.05, 3.63) is 53.4 Å². The topological polar surface area (TPSA) is 67.5 Å². The summed E-state index contributed by atoms with van der Waals surface area (Å²) < 4.78 is 7.44. The van der Waals surface area contributed by atoms with Crippen LogP contribution in [0.2, 0.25) is 5.02 Å². The van der Waals surface area contributed by atoms with Gasteiger partial charge in [-0.05, 0) is 49.4 Å². The highest BCUT2D eigenvalue weighted by Gasteiger charge is 2.49. The number of carbonyl (C=O) groups is 2. The molecule has 2 amide bonds. The van der Waals surface area contributed by atoms with Crippen LogP contribution in [0.4, 0.5) is 5.69 Å². The Hall–Kier alpha value is -2.73. The molecule has 1 aromatic carbocycles. The summed E-state index contributed by atoms with van der Waals surface area (Å²) in [6.45, 7) is 6.64. The van der Waals surface area contributed by atoms with Crippen molar-refractivity contribution in [2.75, 3.05) is 4.90 Å². The van der Waals surface area contributed by atoms with Crippen LogP contribution < -0.4 is 10.2 Å². The lowest BCUT2D eigenvalue weighted by molar-refractivity contribution is -0.128. The number of benzene rings is 1. The third-order valence-corrected chi connectivity index (χ3v) is 7.75. The second kappa shape index (κ2) is 7.69. The molecule has 2 aliphatic rings. The third kappa shape index (κ3) is 3.24. The van der Waals surface area contributed by atoms with E-state index >= 15 is 0 Å².